The van der Waals surface area contributed by atoms with E-state index in [0.29, 0.717) is 16.9 Å². The molecule has 0 aromatic heterocycles. The Balaban J connectivity index is 2.52. The predicted molar refractivity (Wildman–Crippen MR) is 70.0 cm³/mol. The molecule has 0 unspecified atom stereocenters. The Morgan fingerprint density at radius 2 is 1.42 bits per heavy atom. The Hall–Kier alpha value is -2.17. The van der Waals surface area contributed by atoms with E-state index in [-0.39, 0.29) is 5.69 Å². The molecule has 2 N–H and O–H groups in total. The lowest BCUT2D eigenvalue weighted by Gasteiger charge is -2.22. The molecule has 5 heteroatoms. The molecule has 100 valence electrons. The molecule has 0 amide bonds. The SMILES string of the molecule is Cc1c(N)cc(F)cc1N(C)c1cc(F)cc(F)c1. The highest BCUT2D eigenvalue weighted by Crippen LogP contribution is 2.31. The number of anilines is 3. The third-order valence-electron chi connectivity index (χ3n) is 2.98. The molecule has 2 aromatic carbocycles. The molecule has 0 radical (unpaired) electrons. The molecule has 0 aliphatic heterocycles. The van der Waals surface area contributed by atoms with Crippen molar-refractivity contribution in [3.8, 4) is 0 Å². The average Bonchev–Trinajstić information content (AvgIpc) is 2.31. The quantitative estimate of drug-likeness (QED) is 0.838. The molecule has 0 aliphatic carbocycles. The number of nitrogen functional groups attached to an aromatic ring is 1. The van der Waals surface area contributed by atoms with E-state index < -0.39 is 17.5 Å². The Morgan fingerprint density at radius 1 is 0.895 bits per heavy atom. The van der Waals surface area contributed by atoms with Crippen molar-refractivity contribution in [3.63, 3.8) is 0 Å². The molecular weight excluding hydrogens is 253 g/mol. The molecule has 2 rings (SSSR count). The minimum Gasteiger partial charge on any atom is -0.398 e. The minimum atomic E-state index is -0.691. The maximum absolute atomic E-state index is 13.4. The van der Waals surface area contributed by atoms with Gasteiger partial charge in [-0.15, -0.1) is 0 Å². The van der Waals surface area contributed by atoms with Crippen molar-refractivity contribution < 1.29 is 13.2 Å². The summed E-state index contributed by atoms with van der Waals surface area (Å²) in [5.74, 6) is -1.88. The number of nitrogens with two attached hydrogens (primary N) is 1. The second kappa shape index (κ2) is 4.84. The van der Waals surface area contributed by atoms with Crippen LogP contribution in [0.2, 0.25) is 0 Å². The summed E-state index contributed by atoms with van der Waals surface area (Å²) in [5, 5.41) is 0. The van der Waals surface area contributed by atoms with Gasteiger partial charge in [-0.2, -0.15) is 0 Å². The largest absolute Gasteiger partial charge is 0.398 e. The van der Waals surface area contributed by atoms with Crippen LogP contribution in [-0.2, 0) is 0 Å². The van der Waals surface area contributed by atoms with Gasteiger partial charge in [0.05, 0.1) is 0 Å². The highest BCUT2D eigenvalue weighted by atomic mass is 19.1. The van der Waals surface area contributed by atoms with Gasteiger partial charge in [0.15, 0.2) is 0 Å². The summed E-state index contributed by atoms with van der Waals surface area (Å²) in [6, 6.07) is 5.60. The Morgan fingerprint density at radius 3 is 2.00 bits per heavy atom. The van der Waals surface area contributed by atoms with E-state index in [1.807, 2.05) is 0 Å². The molecular formula is C14H13F3N2. The molecule has 19 heavy (non-hydrogen) atoms. The van der Waals surface area contributed by atoms with Crippen molar-refractivity contribution in [3.05, 3.63) is 53.3 Å². The first-order chi connectivity index (χ1) is 8.88. The van der Waals surface area contributed by atoms with Crippen LogP contribution in [0.25, 0.3) is 0 Å². The fourth-order valence-corrected chi connectivity index (χ4v) is 1.91. The summed E-state index contributed by atoms with van der Waals surface area (Å²) in [6.07, 6.45) is 0. The van der Waals surface area contributed by atoms with Crippen molar-refractivity contribution in [2.45, 2.75) is 6.92 Å². The van der Waals surface area contributed by atoms with Gasteiger partial charge < -0.3 is 10.6 Å². The maximum Gasteiger partial charge on any atom is 0.128 e. The number of benzene rings is 2. The van der Waals surface area contributed by atoms with Gasteiger partial charge in [0, 0.05) is 30.2 Å². The van der Waals surface area contributed by atoms with Gasteiger partial charge in [0.2, 0.25) is 0 Å². The van der Waals surface area contributed by atoms with E-state index in [4.69, 9.17) is 5.73 Å². The topological polar surface area (TPSA) is 29.3 Å². The lowest BCUT2D eigenvalue weighted by Crippen LogP contribution is -2.13. The zero-order valence-corrected chi connectivity index (χ0v) is 10.5. The van der Waals surface area contributed by atoms with Crippen LogP contribution in [-0.4, -0.2) is 7.05 Å². The summed E-state index contributed by atoms with van der Waals surface area (Å²) in [4.78, 5) is 1.49. The van der Waals surface area contributed by atoms with Crippen LogP contribution in [0.15, 0.2) is 30.3 Å². The van der Waals surface area contributed by atoms with E-state index in [0.717, 1.165) is 6.07 Å². The first kappa shape index (κ1) is 13.3. The first-order valence-corrected chi connectivity index (χ1v) is 5.64. The van der Waals surface area contributed by atoms with Gasteiger partial charge in [0.1, 0.15) is 17.5 Å². The van der Waals surface area contributed by atoms with Crippen LogP contribution in [0, 0.1) is 24.4 Å². The van der Waals surface area contributed by atoms with Crippen LogP contribution < -0.4 is 10.6 Å². The van der Waals surface area contributed by atoms with Crippen LogP contribution in [0.5, 0.6) is 0 Å². The van der Waals surface area contributed by atoms with E-state index in [9.17, 15) is 13.2 Å². The number of hydrogen-bond donors (Lipinski definition) is 1. The Kier molecular flexibility index (Phi) is 3.38. The van der Waals surface area contributed by atoms with E-state index in [1.165, 1.54) is 29.2 Å². The molecule has 0 fully saturated rings. The molecule has 0 saturated heterocycles. The summed E-state index contributed by atoms with van der Waals surface area (Å²) in [7, 11) is 1.59. The zero-order valence-electron chi connectivity index (χ0n) is 10.5. The van der Waals surface area contributed by atoms with Crippen molar-refractivity contribution >= 4 is 17.1 Å². The second-order valence-corrected chi connectivity index (χ2v) is 4.33. The smallest absolute Gasteiger partial charge is 0.128 e. The van der Waals surface area contributed by atoms with Crippen molar-refractivity contribution in [1.29, 1.82) is 0 Å². The first-order valence-electron chi connectivity index (χ1n) is 5.64. The fraction of sp³-hybridized carbons (Fsp3) is 0.143. The van der Waals surface area contributed by atoms with Gasteiger partial charge in [-0.25, -0.2) is 13.2 Å². The van der Waals surface area contributed by atoms with Crippen LogP contribution in [0.1, 0.15) is 5.56 Å². The van der Waals surface area contributed by atoms with E-state index >= 15 is 0 Å². The molecule has 0 saturated carbocycles. The molecule has 0 spiro atoms. The van der Waals surface area contributed by atoms with Crippen LogP contribution in [0.3, 0.4) is 0 Å². The van der Waals surface area contributed by atoms with Gasteiger partial charge in [-0.1, -0.05) is 0 Å². The summed E-state index contributed by atoms with van der Waals surface area (Å²) >= 11 is 0. The Bertz CT molecular complexity index is 606. The minimum absolute atomic E-state index is 0.283. The maximum atomic E-state index is 13.4. The second-order valence-electron chi connectivity index (χ2n) is 4.33. The van der Waals surface area contributed by atoms with E-state index in [1.54, 1.807) is 14.0 Å². The average molecular weight is 266 g/mol. The van der Waals surface area contributed by atoms with Gasteiger partial charge in [0.25, 0.3) is 0 Å². The molecule has 0 heterocycles. The van der Waals surface area contributed by atoms with Gasteiger partial charge in [-0.3, -0.25) is 0 Å². The standard InChI is InChI=1S/C14H13F3N2/c1-8-13(18)6-11(17)7-14(8)19(2)12-4-9(15)3-10(16)5-12/h3-7H,18H2,1-2H3. The molecule has 2 nitrogen and oxygen atoms in total. The Labute approximate surface area is 109 Å². The predicted octanol–water partition coefficient (Wildman–Crippen LogP) is 3.76. The molecule has 0 aliphatic rings. The monoisotopic (exact) mass is 266 g/mol. The molecule has 0 atom stereocenters. The highest BCUT2D eigenvalue weighted by molar-refractivity contribution is 5.71. The van der Waals surface area contributed by atoms with Crippen LogP contribution in [0.4, 0.5) is 30.2 Å². The fourth-order valence-electron chi connectivity index (χ4n) is 1.91. The number of rotatable bonds is 2. The number of hydrogen-bond acceptors (Lipinski definition) is 2. The summed E-state index contributed by atoms with van der Waals surface area (Å²) in [5.41, 5.74) is 7.36. The van der Waals surface area contributed by atoms with Crippen molar-refractivity contribution in [2.75, 3.05) is 17.7 Å². The van der Waals surface area contributed by atoms with Crippen molar-refractivity contribution in [2.24, 2.45) is 0 Å². The van der Waals surface area contributed by atoms with E-state index in [2.05, 4.69) is 0 Å². The molecule has 0 bridgehead atoms. The number of nitrogens with zero attached hydrogens (tertiary/aromatic N) is 1. The van der Waals surface area contributed by atoms with Crippen molar-refractivity contribution in [1.82, 2.24) is 0 Å². The van der Waals surface area contributed by atoms with Gasteiger partial charge >= 0.3 is 0 Å². The zero-order chi connectivity index (χ0) is 14.2. The summed E-state index contributed by atoms with van der Waals surface area (Å²) < 4.78 is 39.8. The lowest BCUT2D eigenvalue weighted by atomic mass is 10.1. The number of halogens is 3. The third-order valence-corrected chi connectivity index (χ3v) is 2.98. The van der Waals surface area contributed by atoms with Gasteiger partial charge in [-0.05, 0) is 36.8 Å². The highest BCUT2D eigenvalue weighted by Gasteiger charge is 2.12. The normalized spacial score (nSPS) is 10.6. The lowest BCUT2D eigenvalue weighted by molar-refractivity contribution is 0.583. The summed E-state index contributed by atoms with van der Waals surface area (Å²) in [6.45, 7) is 1.72. The van der Waals surface area contributed by atoms with Crippen LogP contribution >= 0.6 is 0 Å². The third kappa shape index (κ3) is 2.65. The molecule has 2 aromatic rings.